The quantitative estimate of drug-likeness (QED) is 0.365. The number of hydrogen-bond donors (Lipinski definition) is 1. The highest BCUT2D eigenvalue weighted by Crippen LogP contribution is 2.36. The molecule has 0 radical (unpaired) electrons. The van der Waals surface area contributed by atoms with Crippen molar-refractivity contribution >= 4 is 56.8 Å². The Kier molecular flexibility index (Phi) is 6.81. The molecule has 1 N–H and O–H groups in total. The number of ether oxygens (including phenoxy) is 4. The standard InChI is InChI=1S/C21H19BrN2O6S/c1-27-12-5-6-15(16(9-12)28-2)24-20(26)13(19(25)23-21(24)31)7-11-8-17(29-3)18(30-4)10-14(11)22/h5-10H,1-4H3,(H,23,25,31)/b13-7+. The minimum Gasteiger partial charge on any atom is -0.497 e. The van der Waals surface area contributed by atoms with Crippen molar-refractivity contribution < 1.29 is 28.5 Å². The van der Waals surface area contributed by atoms with Gasteiger partial charge >= 0.3 is 0 Å². The molecule has 0 bridgehead atoms. The first-order valence-corrected chi connectivity index (χ1v) is 10.1. The van der Waals surface area contributed by atoms with Crippen LogP contribution in [0.3, 0.4) is 0 Å². The van der Waals surface area contributed by atoms with Crippen LogP contribution in [-0.2, 0) is 9.59 Å². The van der Waals surface area contributed by atoms with Gasteiger partial charge in [0.1, 0.15) is 17.1 Å². The molecule has 1 fully saturated rings. The Morgan fingerprint density at radius 3 is 2.19 bits per heavy atom. The Labute approximate surface area is 192 Å². The molecule has 8 nitrogen and oxygen atoms in total. The molecular weight excluding hydrogens is 488 g/mol. The van der Waals surface area contributed by atoms with Crippen LogP contribution in [0.15, 0.2) is 40.4 Å². The predicted octanol–water partition coefficient (Wildman–Crippen LogP) is 3.31. The van der Waals surface area contributed by atoms with E-state index in [2.05, 4.69) is 21.2 Å². The molecule has 0 unspecified atom stereocenters. The second-order valence-corrected chi connectivity index (χ2v) is 7.47. The Morgan fingerprint density at radius 1 is 0.935 bits per heavy atom. The van der Waals surface area contributed by atoms with Crippen molar-refractivity contribution in [2.24, 2.45) is 0 Å². The third-order valence-corrected chi connectivity index (χ3v) is 5.50. The molecule has 1 saturated heterocycles. The van der Waals surface area contributed by atoms with Gasteiger partial charge in [0.2, 0.25) is 0 Å². The fourth-order valence-corrected chi connectivity index (χ4v) is 3.69. The molecule has 1 heterocycles. The van der Waals surface area contributed by atoms with Crippen molar-refractivity contribution in [3.63, 3.8) is 0 Å². The first-order valence-electron chi connectivity index (χ1n) is 8.89. The number of carbonyl (C=O) groups excluding carboxylic acids is 2. The van der Waals surface area contributed by atoms with E-state index in [-0.39, 0.29) is 10.7 Å². The first-order chi connectivity index (χ1) is 14.8. The summed E-state index contributed by atoms with van der Waals surface area (Å²) in [5, 5.41) is 2.50. The van der Waals surface area contributed by atoms with Crippen molar-refractivity contribution in [1.82, 2.24) is 5.32 Å². The lowest BCUT2D eigenvalue weighted by molar-refractivity contribution is -0.122. The van der Waals surface area contributed by atoms with Crippen LogP contribution in [0.5, 0.6) is 23.0 Å². The third-order valence-electron chi connectivity index (χ3n) is 4.53. The lowest BCUT2D eigenvalue weighted by Gasteiger charge is -2.30. The average molecular weight is 507 g/mol. The zero-order chi connectivity index (χ0) is 22.7. The van der Waals surface area contributed by atoms with Gasteiger partial charge in [-0.2, -0.15) is 0 Å². The lowest BCUT2D eigenvalue weighted by Crippen LogP contribution is -2.54. The van der Waals surface area contributed by atoms with Crippen molar-refractivity contribution in [3.8, 4) is 23.0 Å². The maximum absolute atomic E-state index is 13.3. The number of thiocarbonyl (C=S) groups is 1. The normalized spacial score (nSPS) is 15.1. The number of nitrogens with one attached hydrogen (secondary N) is 1. The van der Waals surface area contributed by atoms with Gasteiger partial charge < -0.3 is 18.9 Å². The van der Waals surface area contributed by atoms with E-state index < -0.39 is 11.8 Å². The van der Waals surface area contributed by atoms with Gasteiger partial charge in [-0.25, -0.2) is 4.90 Å². The van der Waals surface area contributed by atoms with Crippen LogP contribution >= 0.6 is 28.1 Å². The Balaban J connectivity index is 2.09. The molecule has 31 heavy (non-hydrogen) atoms. The molecular formula is C21H19BrN2O6S. The number of halogens is 1. The topological polar surface area (TPSA) is 86.3 Å². The molecule has 0 atom stereocenters. The lowest BCUT2D eigenvalue weighted by atomic mass is 10.1. The summed E-state index contributed by atoms with van der Waals surface area (Å²) in [6.07, 6.45) is 1.45. The SMILES string of the molecule is COc1ccc(N2C(=O)/C(=C/c3cc(OC)c(OC)cc3Br)C(=O)NC2=S)c(OC)c1. The van der Waals surface area contributed by atoms with E-state index in [9.17, 15) is 9.59 Å². The van der Waals surface area contributed by atoms with Gasteiger partial charge in [0.15, 0.2) is 16.6 Å². The van der Waals surface area contributed by atoms with Gasteiger partial charge in [-0.3, -0.25) is 14.9 Å². The summed E-state index contributed by atoms with van der Waals surface area (Å²) < 4.78 is 21.8. The molecule has 3 rings (SSSR count). The number of benzene rings is 2. The number of rotatable bonds is 6. The molecule has 1 aliphatic rings. The van der Waals surface area contributed by atoms with Gasteiger partial charge in [-0.1, -0.05) is 15.9 Å². The number of carbonyl (C=O) groups is 2. The largest absolute Gasteiger partial charge is 0.497 e. The predicted molar refractivity (Wildman–Crippen MR) is 123 cm³/mol. The summed E-state index contributed by atoms with van der Waals surface area (Å²) in [6, 6.07) is 8.25. The van der Waals surface area contributed by atoms with Crippen molar-refractivity contribution in [2.75, 3.05) is 33.3 Å². The van der Waals surface area contributed by atoms with E-state index in [1.807, 2.05) is 0 Å². The summed E-state index contributed by atoms with van der Waals surface area (Å²) in [6.45, 7) is 0. The summed E-state index contributed by atoms with van der Waals surface area (Å²) in [4.78, 5) is 27.1. The highest BCUT2D eigenvalue weighted by molar-refractivity contribution is 9.10. The Bertz CT molecular complexity index is 1100. The van der Waals surface area contributed by atoms with Crippen molar-refractivity contribution in [2.45, 2.75) is 0 Å². The zero-order valence-electron chi connectivity index (χ0n) is 17.1. The average Bonchev–Trinajstić information content (AvgIpc) is 2.77. The van der Waals surface area contributed by atoms with Crippen LogP contribution in [-0.4, -0.2) is 45.4 Å². The highest BCUT2D eigenvalue weighted by Gasteiger charge is 2.36. The van der Waals surface area contributed by atoms with Gasteiger partial charge in [-0.05, 0) is 48.1 Å². The van der Waals surface area contributed by atoms with E-state index >= 15 is 0 Å². The number of amides is 2. The summed E-state index contributed by atoms with van der Waals surface area (Å²) in [5.74, 6) is 0.648. The van der Waals surface area contributed by atoms with Crippen LogP contribution in [0, 0.1) is 0 Å². The Morgan fingerprint density at radius 2 is 1.58 bits per heavy atom. The van der Waals surface area contributed by atoms with Crippen LogP contribution in [0.25, 0.3) is 6.08 Å². The third kappa shape index (κ3) is 4.35. The molecule has 0 spiro atoms. The first kappa shape index (κ1) is 22.6. The number of nitrogens with zero attached hydrogens (tertiary/aromatic N) is 1. The maximum Gasteiger partial charge on any atom is 0.270 e. The monoisotopic (exact) mass is 506 g/mol. The molecule has 0 saturated carbocycles. The van der Waals surface area contributed by atoms with Gasteiger partial charge in [0.25, 0.3) is 11.8 Å². The fourth-order valence-electron chi connectivity index (χ4n) is 2.98. The molecule has 0 aromatic heterocycles. The van der Waals surface area contributed by atoms with Crippen molar-refractivity contribution in [3.05, 3.63) is 45.9 Å². The van der Waals surface area contributed by atoms with Crippen molar-refractivity contribution in [1.29, 1.82) is 0 Å². The molecule has 2 amide bonds. The second kappa shape index (κ2) is 9.36. The number of hydrogen-bond acceptors (Lipinski definition) is 7. The summed E-state index contributed by atoms with van der Waals surface area (Å²) in [5.41, 5.74) is 0.806. The molecule has 10 heteroatoms. The summed E-state index contributed by atoms with van der Waals surface area (Å²) in [7, 11) is 6.00. The van der Waals surface area contributed by atoms with E-state index in [1.54, 1.807) is 30.3 Å². The van der Waals surface area contributed by atoms with Gasteiger partial charge in [0, 0.05) is 10.5 Å². The van der Waals surface area contributed by atoms with Gasteiger partial charge in [-0.15, -0.1) is 0 Å². The smallest absolute Gasteiger partial charge is 0.270 e. The highest BCUT2D eigenvalue weighted by atomic mass is 79.9. The van der Waals surface area contributed by atoms with Crippen LogP contribution < -0.4 is 29.2 Å². The van der Waals surface area contributed by atoms with E-state index in [4.69, 9.17) is 31.2 Å². The molecule has 0 aliphatic carbocycles. The minimum atomic E-state index is -0.611. The molecule has 2 aromatic carbocycles. The maximum atomic E-state index is 13.3. The fraction of sp³-hybridized carbons (Fsp3) is 0.190. The molecule has 1 aliphatic heterocycles. The van der Waals surface area contributed by atoms with E-state index in [0.29, 0.717) is 38.7 Å². The van der Waals surface area contributed by atoms with E-state index in [0.717, 1.165) is 0 Å². The Hall–Kier alpha value is -3.11. The summed E-state index contributed by atoms with van der Waals surface area (Å²) >= 11 is 8.69. The van der Waals surface area contributed by atoms with E-state index in [1.165, 1.54) is 39.4 Å². The van der Waals surface area contributed by atoms with Gasteiger partial charge in [0.05, 0.1) is 34.1 Å². The number of anilines is 1. The molecule has 162 valence electrons. The molecule has 2 aromatic rings. The number of methoxy groups -OCH3 is 4. The zero-order valence-corrected chi connectivity index (χ0v) is 19.5. The van der Waals surface area contributed by atoms with Crippen LogP contribution in [0.1, 0.15) is 5.56 Å². The second-order valence-electron chi connectivity index (χ2n) is 6.22. The minimum absolute atomic E-state index is 0.0537. The van der Waals surface area contributed by atoms with Crippen LogP contribution in [0.4, 0.5) is 5.69 Å². The van der Waals surface area contributed by atoms with Crippen LogP contribution in [0.2, 0.25) is 0 Å².